The second kappa shape index (κ2) is 7.26. The highest BCUT2D eigenvalue weighted by Gasteiger charge is 2.35. The zero-order valence-electron chi connectivity index (χ0n) is 14.9. The van der Waals surface area contributed by atoms with Gasteiger partial charge in [-0.1, -0.05) is 47.8 Å². The van der Waals surface area contributed by atoms with Crippen LogP contribution < -0.4 is 15.6 Å². The van der Waals surface area contributed by atoms with Gasteiger partial charge in [0, 0.05) is 21.9 Å². The van der Waals surface area contributed by atoms with Gasteiger partial charge in [0.15, 0.2) is 11.6 Å². The molecule has 0 saturated carbocycles. The van der Waals surface area contributed by atoms with Gasteiger partial charge in [0.05, 0.1) is 0 Å². The van der Waals surface area contributed by atoms with Crippen LogP contribution in [0.5, 0.6) is 0 Å². The van der Waals surface area contributed by atoms with Gasteiger partial charge in [0.1, 0.15) is 21.4 Å². The van der Waals surface area contributed by atoms with Crippen LogP contribution >= 0.6 is 23.5 Å². The number of hydrogen-bond acceptors (Lipinski definition) is 6. The number of benzene rings is 2. The Morgan fingerprint density at radius 3 is 1.59 bits per heavy atom. The maximum atomic E-state index is 11.7. The van der Waals surface area contributed by atoms with E-state index >= 15 is 0 Å². The fourth-order valence-corrected chi connectivity index (χ4v) is 5.17. The third-order valence-corrected chi connectivity index (χ3v) is 6.22. The van der Waals surface area contributed by atoms with Crippen molar-refractivity contribution >= 4 is 46.5 Å². The maximum Gasteiger partial charge on any atom is 0.155 e. The van der Waals surface area contributed by atoms with E-state index in [-0.39, 0.29) is 11.6 Å². The van der Waals surface area contributed by atoms with Gasteiger partial charge in [-0.3, -0.25) is 9.59 Å². The molecule has 2 heterocycles. The zero-order chi connectivity index (χ0) is 19.0. The van der Waals surface area contributed by atoms with Gasteiger partial charge in [-0.2, -0.15) is 10.0 Å². The Morgan fingerprint density at radius 2 is 1.19 bits per heavy atom. The molecule has 0 aliphatic carbocycles. The molecule has 0 aromatic heterocycles. The third-order valence-electron chi connectivity index (χ3n) is 4.04. The number of anilines is 2. The molecule has 0 fully saturated rings. The van der Waals surface area contributed by atoms with Gasteiger partial charge < -0.3 is 0 Å². The van der Waals surface area contributed by atoms with Gasteiger partial charge in [0.2, 0.25) is 0 Å². The van der Waals surface area contributed by atoms with Crippen molar-refractivity contribution in [3.05, 3.63) is 70.7 Å². The van der Waals surface area contributed by atoms with E-state index < -0.39 is 0 Å². The molecule has 0 radical (unpaired) electrons. The molecule has 0 spiro atoms. The first-order valence-corrected chi connectivity index (χ1v) is 10.1. The molecule has 27 heavy (non-hydrogen) atoms. The molecule has 136 valence electrons. The monoisotopic (exact) mass is 396 g/mol. The molecular formula is C20H18N3O2S2+. The van der Waals surface area contributed by atoms with Crippen LogP contribution in [0, 0.1) is 0 Å². The number of carbonyl (C=O) groups excluding carboxylic acids is 2. The number of ketones is 2. The number of para-hydroxylation sites is 2. The summed E-state index contributed by atoms with van der Waals surface area (Å²) in [6, 6.07) is 16.1. The average molecular weight is 397 g/mol. The first-order valence-electron chi connectivity index (χ1n) is 8.44. The number of allylic oxidation sites excluding steroid dienone is 2. The van der Waals surface area contributed by atoms with E-state index in [1.54, 1.807) is 49.5 Å². The predicted molar refractivity (Wildman–Crippen MR) is 109 cm³/mol. The van der Waals surface area contributed by atoms with Gasteiger partial charge >= 0.3 is 0 Å². The molecule has 0 amide bonds. The molecular weight excluding hydrogens is 378 g/mol. The minimum atomic E-state index is -0.000551. The smallest absolute Gasteiger partial charge is 0.155 e. The molecule has 2 aromatic rings. The van der Waals surface area contributed by atoms with E-state index in [0.29, 0.717) is 0 Å². The van der Waals surface area contributed by atoms with Crippen molar-refractivity contribution < 1.29 is 15.1 Å². The van der Waals surface area contributed by atoms with E-state index in [2.05, 4.69) is 0 Å². The summed E-state index contributed by atoms with van der Waals surface area (Å²) < 4.78 is 0. The zero-order valence-corrected chi connectivity index (χ0v) is 16.5. The van der Waals surface area contributed by atoms with Gasteiger partial charge in [-0.25, -0.2) is 0 Å². The van der Waals surface area contributed by atoms with Gasteiger partial charge in [-0.15, -0.1) is 5.53 Å². The molecule has 2 aliphatic heterocycles. The number of rotatable bonds is 4. The standard InChI is InChI=1S/C20H17N3O2S2/c1-13(24)11-19-22(15-7-3-5-9-17(15)26-19)21-23-16-8-4-6-10-18(16)27-20(23)12-14(2)25/h3-12,21H,1-2H3/p+1. The summed E-state index contributed by atoms with van der Waals surface area (Å²) in [7, 11) is 0. The van der Waals surface area contributed by atoms with Crippen molar-refractivity contribution in [2.75, 3.05) is 10.0 Å². The molecule has 0 saturated heterocycles. The van der Waals surface area contributed by atoms with Crippen LogP contribution in [0.25, 0.3) is 0 Å². The number of quaternary nitrogens is 1. The summed E-state index contributed by atoms with van der Waals surface area (Å²) in [6.07, 6.45) is 3.29. The number of nitrogens with two attached hydrogens (primary N) is 1. The molecule has 2 aliphatic rings. The topological polar surface area (TPSA) is 57.2 Å². The van der Waals surface area contributed by atoms with Crippen molar-refractivity contribution in [1.82, 2.24) is 0 Å². The summed E-state index contributed by atoms with van der Waals surface area (Å²) in [4.78, 5) is 25.7. The van der Waals surface area contributed by atoms with E-state index in [1.807, 2.05) is 64.1 Å². The van der Waals surface area contributed by atoms with Crippen molar-refractivity contribution in [2.24, 2.45) is 0 Å². The lowest BCUT2D eigenvalue weighted by atomic mass is 10.3. The molecule has 0 bridgehead atoms. The summed E-state index contributed by atoms with van der Waals surface area (Å²) in [5, 5.41) is 5.72. The second-order valence-corrected chi connectivity index (χ2v) is 8.31. The molecule has 5 nitrogen and oxygen atoms in total. The lowest BCUT2D eigenvalue weighted by Crippen LogP contribution is -3.01. The van der Waals surface area contributed by atoms with Crippen molar-refractivity contribution in [3.63, 3.8) is 0 Å². The lowest BCUT2D eigenvalue weighted by molar-refractivity contribution is -0.665. The fourth-order valence-electron chi connectivity index (χ4n) is 2.95. The molecule has 0 atom stereocenters. The third kappa shape index (κ3) is 3.53. The van der Waals surface area contributed by atoms with Crippen LogP contribution in [0.1, 0.15) is 13.8 Å². The minimum absolute atomic E-state index is 0.000551. The summed E-state index contributed by atoms with van der Waals surface area (Å²) in [5.74, 6) is -0.00110. The molecule has 2 aromatic carbocycles. The van der Waals surface area contributed by atoms with Crippen LogP contribution in [0.15, 0.2) is 80.5 Å². The van der Waals surface area contributed by atoms with Gasteiger partial charge in [0.25, 0.3) is 0 Å². The highest BCUT2D eigenvalue weighted by molar-refractivity contribution is 8.04. The Labute approximate surface area is 166 Å². The largest absolute Gasteiger partial charge is 0.295 e. The molecule has 7 heteroatoms. The van der Waals surface area contributed by atoms with Crippen molar-refractivity contribution in [2.45, 2.75) is 23.6 Å². The quantitative estimate of drug-likeness (QED) is 0.631. The Balaban J connectivity index is 1.76. The minimum Gasteiger partial charge on any atom is -0.295 e. The van der Waals surface area contributed by atoms with Crippen LogP contribution in [0.2, 0.25) is 0 Å². The molecule has 0 unspecified atom stereocenters. The predicted octanol–water partition coefficient (Wildman–Crippen LogP) is 3.47. The first-order chi connectivity index (χ1) is 13.0. The van der Waals surface area contributed by atoms with Crippen LogP contribution in [-0.2, 0) is 9.59 Å². The number of thioether (sulfide) groups is 2. The van der Waals surface area contributed by atoms with E-state index in [4.69, 9.17) is 0 Å². The Kier molecular flexibility index (Phi) is 4.82. The summed E-state index contributed by atoms with van der Waals surface area (Å²) >= 11 is 3.13. The fraction of sp³-hybridized carbons (Fsp3) is 0.100. The van der Waals surface area contributed by atoms with Crippen molar-refractivity contribution in [3.8, 4) is 0 Å². The number of hydrogen-bond donors (Lipinski definition) is 1. The highest BCUT2D eigenvalue weighted by atomic mass is 32.2. The maximum absolute atomic E-state index is 11.7. The Hall–Kier alpha value is -2.48. The lowest BCUT2D eigenvalue weighted by Gasteiger charge is -2.24. The second-order valence-electron chi connectivity index (χ2n) is 6.18. The molecule has 2 N–H and O–H groups in total. The normalized spacial score (nSPS) is 18.1. The Bertz CT molecular complexity index is 921. The van der Waals surface area contributed by atoms with Crippen LogP contribution in [0.4, 0.5) is 11.4 Å². The highest BCUT2D eigenvalue weighted by Crippen LogP contribution is 2.46. The first kappa shape index (κ1) is 17.9. The number of fused-ring (bicyclic) bond motifs is 2. The Morgan fingerprint density at radius 1 is 0.778 bits per heavy atom. The molecule has 4 rings (SSSR count). The average Bonchev–Trinajstić information content (AvgIpc) is 3.13. The van der Waals surface area contributed by atoms with Crippen LogP contribution in [-0.4, -0.2) is 11.6 Å². The van der Waals surface area contributed by atoms with E-state index in [9.17, 15) is 9.59 Å². The number of nitrogens with zero attached hydrogens (tertiary/aromatic N) is 2. The summed E-state index contributed by atoms with van der Waals surface area (Å²) in [5.41, 5.74) is 4.00. The van der Waals surface area contributed by atoms with Gasteiger partial charge in [-0.05, 0) is 38.1 Å². The van der Waals surface area contributed by atoms with E-state index in [0.717, 1.165) is 31.2 Å². The number of carbonyl (C=O) groups is 2. The SMILES string of the molecule is CC(=O)C=C1Sc2ccccc2N1[NH2+]N1C(=CC(C)=O)Sc2ccccc21. The van der Waals surface area contributed by atoms with E-state index in [1.165, 1.54) is 0 Å². The summed E-state index contributed by atoms with van der Waals surface area (Å²) in [6.45, 7) is 3.10. The van der Waals surface area contributed by atoms with Crippen LogP contribution in [0.3, 0.4) is 0 Å². The van der Waals surface area contributed by atoms with Crippen molar-refractivity contribution in [1.29, 1.82) is 0 Å².